The van der Waals surface area contributed by atoms with E-state index in [0.29, 0.717) is 0 Å². The van der Waals surface area contributed by atoms with Crippen LogP contribution in [0.3, 0.4) is 0 Å². The van der Waals surface area contributed by atoms with Crippen LogP contribution >= 0.6 is 0 Å². The third-order valence-electron chi connectivity index (χ3n) is 4.50. The van der Waals surface area contributed by atoms with Gasteiger partial charge in [-0.25, -0.2) is 8.78 Å². The largest absolute Gasteiger partial charge is 0.325 e. The van der Waals surface area contributed by atoms with E-state index in [0.717, 1.165) is 28.9 Å². The molecule has 1 atom stereocenters. The number of hydrogen-bond acceptors (Lipinski definition) is 3. The molecule has 1 unspecified atom stereocenters. The molecule has 7 heteroatoms. The molecule has 5 nitrogen and oxygen atoms in total. The van der Waals surface area contributed by atoms with Gasteiger partial charge in [0.2, 0.25) is 11.8 Å². The van der Waals surface area contributed by atoms with Crippen molar-refractivity contribution in [2.45, 2.75) is 26.8 Å². The highest BCUT2D eigenvalue weighted by atomic mass is 19.2. The average molecular weight is 375 g/mol. The number of benzene rings is 2. The van der Waals surface area contributed by atoms with Gasteiger partial charge in [0, 0.05) is 17.4 Å². The van der Waals surface area contributed by atoms with E-state index < -0.39 is 23.6 Å². The standard InChI is InChI=1S/C20H23F2N3O2/c1-12-6-5-7-18(13(12)2)24-19(26)11-25(4)14(3)20(27)23-15-8-9-16(21)17(22)10-15/h5-10,14H,11H2,1-4H3,(H,23,27)(H,24,26). The zero-order chi connectivity index (χ0) is 20.1. The fourth-order valence-corrected chi connectivity index (χ4v) is 2.46. The second-order valence-electron chi connectivity index (χ2n) is 6.50. The van der Waals surface area contributed by atoms with E-state index in [1.807, 2.05) is 32.0 Å². The number of halogens is 2. The van der Waals surface area contributed by atoms with Crippen molar-refractivity contribution in [3.8, 4) is 0 Å². The second kappa shape index (κ2) is 8.73. The van der Waals surface area contributed by atoms with Crippen molar-refractivity contribution in [2.75, 3.05) is 24.2 Å². The van der Waals surface area contributed by atoms with Crippen molar-refractivity contribution in [3.63, 3.8) is 0 Å². The topological polar surface area (TPSA) is 61.4 Å². The lowest BCUT2D eigenvalue weighted by Gasteiger charge is -2.23. The minimum atomic E-state index is -1.04. The number of nitrogens with zero attached hydrogens (tertiary/aromatic N) is 1. The van der Waals surface area contributed by atoms with Gasteiger partial charge in [-0.2, -0.15) is 0 Å². The van der Waals surface area contributed by atoms with Crippen LogP contribution in [0.25, 0.3) is 0 Å². The van der Waals surface area contributed by atoms with Gasteiger partial charge in [-0.3, -0.25) is 14.5 Å². The summed E-state index contributed by atoms with van der Waals surface area (Å²) in [5, 5.41) is 5.35. The van der Waals surface area contributed by atoms with Gasteiger partial charge in [0.25, 0.3) is 0 Å². The normalized spacial score (nSPS) is 12.0. The van der Waals surface area contributed by atoms with Gasteiger partial charge in [-0.1, -0.05) is 12.1 Å². The molecule has 0 spiro atoms. The molecule has 2 aromatic carbocycles. The Balaban J connectivity index is 1.94. The molecule has 0 aliphatic rings. The van der Waals surface area contributed by atoms with Gasteiger partial charge in [0.15, 0.2) is 11.6 Å². The first-order valence-electron chi connectivity index (χ1n) is 8.51. The fourth-order valence-electron chi connectivity index (χ4n) is 2.46. The molecule has 2 amide bonds. The van der Waals surface area contributed by atoms with E-state index in [2.05, 4.69) is 10.6 Å². The Morgan fingerprint density at radius 3 is 2.44 bits per heavy atom. The maximum atomic E-state index is 13.2. The molecule has 0 fully saturated rings. The molecule has 2 N–H and O–H groups in total. The highest BCUT2D eigenvalue weighted by Gasteiger charge is 2.21. The third-order valence-corrected chi connectivity index (χ3v) is 4.50. The average Bonchev–Trinajstić information content (AvgIpc) is 2.61. The van der Waals surface area contributed by atoms with Crippen LogP contribution in [0.4, 0.5) is 20.2 Å². The summed E-state index contributed by atoms with van der Waals surface area (Å²) >= 11 is 0. The zero-order valence-electron chi connectivity index (χ0n) is 15.8. The Labute approximate surface area is 157 Å². The van der Waals surface area contributed by atoms with Crippen molar-refractivity contribution in [1.29, 1.82) is 0 Å². The molecule has 0 aromatic heterocycles. The lowest BCUT2D eigenvalue weighted by Crippen LogP contribution is -2.43. The predicted octanol–water partition coefficient (Wildman–Crippen LogP) is 3.48. The first-order valence-corrected chi connectivity index (χ1v) is 8.51. The van der Waals surface area contributed by atoms with E-state index in [4.69, 9.17) is 0 Å². The highest BCUT2D eigenvalue weighted by molar-refractivity contribution is 5.96. The summed E-state index contributed by atoms with van der Waals surface area (Å²) < 4.78 is 26.2. The van der Waals surface area contributed by atoms with E-state index in [9.17, 15) is 18.4 Å². The Kier molecular flexibility index (Phi) is 6.63. The monoisotopic (exact) mass is 375 g/mol. The smallest absolute Gasteiger partial charge is 0.241 e. The third kappa shape index (κ3) is 5.34. The molecule has 0 aliphatic carbocycles. The fraction of sp³-hybridized carbons (Fsp3) is 0.300. The van der Waals surface area contributed by atoms with Gasteiger partial charge >= 0.3 is 0 Å². The lowest BCUT2D eigenvalue weighted by atomic mass is 10.1. The zero-order valence-corrected chi connectivity index (χ0v) is 15.8. The first kappa shape index (κ1) is 20.5. The summed E-state index contributed by atoms with van der Waals surface area (Å²) in [5.74, 6) is -2.70. The van der Waals surface area contributed by atoms with Gasteiger partial charge in [0.1, 0.15) is 0 Å². The van der Waals surface area contributed by atoms with Crippen molar-refractivity contribution in [3.05, 3.63) is 59.2 Å². The molecular weight excluding hydrogens is 352 g/mol. The Morgan fingerprint density at radius 1 is 1.07 bits per heavy atom. The van der Waals surface area contributed by atoms with Crippen LogP contribution in [0.2, 0.25) is 0 Å². The molecular formula is C20H23F2N3O2. The molecule has 0 saturated heterocycles. The number of aryl methyl sites for hydroxylation is 1. The number of amides is 2. The summed E-state index contributed by atoms with van der Waals surface area (Å²) in [7, 11) is 1.64. The van der Waals surface area contributed by atoms with Gasteiger partial charge < -0.3 is 10.6 Å². The van der Waals surface area contributed by atoms with Crippen LogP contribution in [0.1, 0.15) is 18.1 Å². The van der Waals surface area contributed by atoms with Crippen LogP contribution < -0.4 is 10.6 Å². The van der Waals surface area contributed by atoms with E-state index in [1.165, 1.54) is 6.07 Å². The van der Waals surface area contributed by atoms with Crippen LogP contribution in [0, 0.1) is 25.5 Å². The van der Waals surface area contributed by atoms with Crippen LogP contribution in [0.5, 0.6) is 0 Å². The quantitative estimate of drug-likeness (QED) is 0.813. The number of rotatable bonds is 6. The van der Waals surface area contributed by atoms with Gasteiger partial charge in [-0.15, -0.1) is 0 Å². The molecule has 0 radical (unpaired) electrons. The lowest BCUT2D eigenvalue weighted by molar-refractivity contribution is -0.122. The van der Waals surface area contributed by atoms with Crippen LogP contribution in [-0.2, 0) is 9.59 Å². The number of carbonyl (C=O) groups is 2. The van der Waals surface area contributed by atoms with Crippen LogP contribution in [-0.4, -0.2) is 36.3 Å². The number of carbonyl (C=O) groups excluding carboxylic acids is 2. The summed E-state index contributed by atoms with van der Waals surface area (Å²) in [6.45, 7) is 5.51. The molecule has 0 heterocycles. The minimum Gasteiger partial charge on any atom is -0.325 e. The summed E-state index contributed by atoms with van der Waals surface area (Å²) in [6.07, 6.45) is 0. The maximum Gasteiger partial charge on any atom is 0.241 e. The molecule has 0 bridgehead atoms. The predicted molar refractivity (Wildman–Crippen MR) is 102 cm³/mol. The Bertz CT molecular complexity index is 855. The van der Waals surface area contributed by atoms with Crippen molar-refractivity contribution in [1.82, 2.24) is 4.90 Å². The second-order valence-corrected chi connectivity index (χ2v) is 6.50. The Hall–Kier alpha value is -2.80. The van der Waals surface area contributed by atoms with Gasteiger partial charge in [0.05, 0.1) is 12.6 Å². The van der Waals surface area contributed by atoms with E-state index >= 15 is 0 Å². The highest BCUT2D eigenvalue weighted by Crippen LogP contribution is 2.18. The summed E-state index contributed by atoms with van der Waals surface area (Å²) in [4.78, 5) is 26.1. The Morgan fingerprint density at radius 2 is 1.78 bits per heavy atom. The molecule has 27 heavy (non-hydrogen) atoms. The number of anilines is 2. The van der Waals surface area contributed by atoms with Crippen molar-refractivity contribution in [2.24, 2.45) is 0 Å². The number of likely N-dealkylation sites (N-methyl/N-ethyl adjacent to an activating group) is 1. The number of nitrogens with one attached hydrogen (secondary N) is 2. The summed E-state index contributed by atoms with van der Waals surface area (Å²) in [5.41, 5.74) is 2.93. The molecule has 0 aliphatic heterocycles. The maximum absolute atomic E-state index is 13.2. The van der Waals surface area contributed by atoms with E-state index in [1.54, 1.807) is 18.9 Å². The molecule has 2 aromatic rings. The molecule has 2 rings (SSSR count). The molecule has 0 saturated carbocycles. The first-order chi connectivity index (χ1) is 12.7. The number of hydrogen-bond donors (Lipinski definition) is 2. The minimum absolute atomic E-state index is 0.000250. The SMILES string of the molecule is Cc1cccc(NC(=O)CN(C)C(C)C(=O)Nc2ccc(F)c(F)c2)c1C. The van der Waals surface area contributed by atoms with Crippen LogP contribution in [0.15, 0.2) is 36.4 Å². The van der Waals surface area contributed by atoms with Gasteiger partial charge in [-0.05, 0) is 57.1 Å². The molecule has 144 valence electrons. The van der Waals surface area contributed by atoms with Crippen molar-refractivity contribution >= 4 is 23.2 Å². The van der Waals surface area contributed by atoms with Crippen molar-refractivity contribution < 1.29 is 18.4 Å². The summed E-state index contributed by atoms with van der Waals surface area (Å²) in [6, 6.07) is 8.11. The van der Waals surface area contributed by atoms with E-state index in [-0.39, 0.29) is 18.1 Å².